The van der Waals surface area contributed by atoms with Crippen molar-refractivity contribution in [3.8, 4) is 0 Å². The van der Waals surface area contributed by atoms with Gasteiger partial charge in [0, 0.05) is 5.92 Å². The molecule has 3 aliphatic rings. The van der Waals surface area contributed by atoms with Crippen LogP contribution in [0.2, 0.25) is 0 Å². The van der Waals surface area contributed by atoms with Gasteiger partial charge in [0.2, 0.25) is 0 Å². The molecule has 0 radical (unpaired) electrons. The molecule has 4 atom stereocenters. The molecule has 0 aromatic carbocycles. The standard InChI is InChI=1S/C16H24O/c1-11-3-7-14(8-4-11)16-15-9-13(10-17-16)6-5-12(15)2/h3,5,13-16H,4,6-10H2,1-2H3/t13-,14+,15-,16-/m0/s1. The van der Waals surface area contributed by atoms with Gasteiger partial charge < -0.3 is 4.74 Å². The Balaban J connectivity index is 1.75. The molecule has 0 saturated carbocycles. The second-order valence-corrected chi connectivity index (χ2v) is 6.27. The normalized spacial score (nSPS) is 41.8. The highest BCUT2D eigenvalue weighted by Gasteiger charge is 2.38. The molecule has 1 saturated heterocycles. The van der Waals surface area contributed by atoms with Crippen LogP contribution in [0.1, 0.15) is 46.0 Å². The van der Waals surface area contributed by atoms with Crippen molar-refractivity contribution in [2.75, 3.05) is 6.61 Å². The molecule has 1 fully saturated rings. The highest BCUT2D eigenvalue weighted by Crippen LogP contribution is 2.42. The lowest BCUT2D eigenvalue weighted by Crippen LogP contribution is -2.42. The predicted octanol–water partition coefficient (Wildman–Crippen LogP) is 4.10. The van der Waals surface area contributed by atoms with E-state index >= 15 is 0 Å². The van der Waals surface area contributed by atoms with Crippen molar-refractivity contribution >= 4 is 0 Å². The van der Waals surface area contributed by atoms with Gasteiger partial charge in [-0.25, -0.2) is 0 Å². The highest BCUT2D eigenvalue weighted by molar-refractivity contribution is 5.14. The molecule has 0 spiro atoms. The van der Waals surface area contributed by atoms with Crippen LogP contribution in [-0.2, 0) is 4.74 Å². The van der Waals surface area contributed by atoms with Gasteiger partial charge in [-0.15, -0.1) is 0 Å². The molecule has 0 aromatic heterocycles. The van der Waals surface area contributed by atoms with Crippen molar-refractivity contribution < 1.29 is 4.74 Å². The van der Waals surface area contributed by atoms with E-state index in [1.165, 1.54) is 32.1 Å². The number of hydrogen-bond donors (Lipinski definition) is 0. The lowest BCUT2D eigenvalue weighted by atomic mass is 9.71. The Morgan fingerprint density at radius 3 is 2.82 bits per heavy atom. The molecule has 94 valence electrons. The first-order valence-corrected chi connectivity index (χ1v) is 7.18. The minimum atomic E-state index is 0.507. The van der Waals surface area contributed by atoms with Gasteiger partial charge in [0.05, 0.1) is 12.7 Å². The minimum Gasteiger partial charge on any atom is -0.377 e. The number of hydrogen-bond acceptors (Lipinski definition) is 1. The molecule has 1 nitrogen and oxygen atoms in total. The molecule has 0 aromatic rings. The van der Waals surface area contributed by atoms with E-state index in [2.05, 4.69) is 26.0 Å². The van der Waals surface area contributed by atoms with Crippen LogP contribution in [0, 0.1) is 17.8 Å². The van der Waals surface area contributed by atoms with Crippen LogP contribution in [0.15, 0.2) is 23.3 Å². The third-order valence-electron chi connectivity index (χ3n) is 5.01. The Bertz CT molecular complexity index is 353. The fourth-order valence-electron chi connectivity index (χ4n) is 3.79. The third kappa shape index (κ3) is 2.22. The van der Waals surface area contributed by atoms with Crippen molar-refractivity contribution in [2.45, 2.75) is 52.1 Å². The first-order valence-electron chi connectivity index (χ1n) is 7.18. The van der Waals surface area contributed by atoms with Gasteiger partial charge in [0.25, 0.3) is 0 Å². The fraction of sp³-hybridized carbons (Fsp3) is 0.750. The second kappa shape index (κ2) is 4.61. The number of ether oxygens (including phenoxy) is 1. The lowest BCUT2D eigenvalue weighted by molar-refractivity contribution is -0.0807. The van der Waals surface area contributed by atoms with Crippen LogP contribution in [0.4, 0.5) is 0 Å². The maximum absolute atomic E-state index is 6.22. The summed E-state index contributed by atoms with van der Waals surface area (Å²) in [5, 5.41) is 0. The van der Waals surface area contributed by atoms with Crippen LogP contribution in [0.25, 0.3) is 0 Å². The van der Waals surface area contributed by atoms with Crippen LogP contribution >= 0.6 is 0 Å². The number of fused-ring (bicyclic) bond motifs is 2. The maximum Gasteiger partial charge on any atom is 0.0671 e. The summed E-state index contributed by atoms with van der Waals surface area (Å²) in [4.78, 5) is 0. The average molecular weight is 232 g/mol. The molecule has 0 N–H and O–H groups in total. The Morgan fingerprint density at radius 2 is 2.06 bits per heavy atom. The molecular formula is C16H24O. The van der Waals surface area contributed by atoms with E-state index in [4.69, 9.17) is 4.74 Å². The summed E-state index contributed by atoms with van der Waals surface area (Å²) in [7, 11) is 0. The van der Waals surface area contributed by atoms with E-state index in [0.29, 0.717) is 6.10 Å². The van der Waals surface area contributed by atoms with Gasteiger partial charge in [-0.2, -0.15) is 0 Å². The minimum absolute atomic E-state index is 0.507. The van der Waals surface area contributed by atoms with E-state index in [1.54, 1.807) is 11.1 Å². The Labute approximate surface area is 105 Å². The van der Waals surface area contributed by atoms with Gasteiger partial charge in [-0.3, -0.25) is 0 Å². The van der Waals surface area contributed by atoms with E-state index in [0.717, 1.165) is 24.4 Å². The summed E-state index contributed by atoms with van der Waals surface area (Å²) in [5.74, 6) is 2.30. The molecule has 2 bridgehead atoms. The van der Waals surface area contributed by atoms with E-state index in [1.807, 2.05) is 0 Å². The molecule has 2 aliphatic carbocycles. The third-order valence-corrected chi connectivity index (χ3v) is 5.01. The van der Waals surface area contributed by atoms with Gasteiger partial charge in [-0.1, -0.05) is 23.3 Å². The Kier molecular flexibility index (Phi) is 3.12. The van der Waals surface area contributed by atoms with Gasteiger partial charge in [0.15, 0.2) is 0 Å². The first-order chi connectivity index (χ1) is 8.24. The summed E-state index contributed by atoms with van der Waals surface area (Å²) in [6, 6.07) is 0. The number of rotatable bonds is 1. The van der Waals surface area contributed by atoms with Gasteiger partial charge in [-0.05, 0) is 57.8 Å². The van der Waals surface area contributed by atoms with Gasteiger partial charge >= 0.3 is 0 Å². The van der Waals surface area contributed by atoms with Crippen LogP contribution in [-0.4, -0.2) is 12.7 Å². The summed E-state index contributed by atoms with van der Waals surface area (Å²) in [5.41, 5.74) is 3.17. The molecule has 1 heteroatoms. The van der Waals surface area contributed by atoms with E-state index in [-0.39, 0.29) is 0 Å². The van der Waals surface area contributed by atoms with Crippen molar-refractivity contribution in [3.05, 3.63) is 23.3 Å². The largest absolute Gasteiger partial charge is 0.377 e. The SMILES string of the molecule is CC1=CC[C@@H]([C@@H]2OC[C@H]3CC=C(C)[C@@H]2C3)CC1. The maximum atomic E-state index is 6.22. The van der Waals surface area contributed by atoms with Crippen LogP contribution in [0.5, 0.6) is 0 Å². The summed E-state index contributed by atoms with van der Waals surface area (Å²) < 4.78 is 6.22. The predicted molar refractivity (Wildman–Crippen MR) is 70.8 cm³/mol. The summed E-state index contributed by atoms with van der Waals surface area (Å²) in [6.07, 6.45) is 11.9. The highest BCUT2D eigenvalue weighted by atomic mass is 16.5. The monoisotopic (exact) mass is 232 g/mol. The van der Waals surface area contributed by atoms with E-state index < -0.39 is 0 Å². The molecule has 1 heterocycles. The smallest absolute Gasteiger partial charge is 0.0671 e. The van der Waals surface area contributed by atoms with Crippen LogP contribution < -0.4 is 0 Å². The van der Waals surface area contributed by atoms with Crippen molar-refractivity contribution in [1.82, 2.24) is 0 Å². The van der Waals surface area contributed by atoms with E-state index in [9.17, 15) is 0 Å². The molecule has 0 amide bonds. The van der Waals surface area contributed by atoms with Crippen molar-refractivity contribution in [2.24, 2.45) is 17.8 Å². The molecule has 0 unspecified atom stereocenters. The van der Waals surface area contributed by atoms with Crippen LogP contribution in [0.3, 0.4) is 0 Å². The quantitative estimate of drug-likeness (QED) is 0.618. The molecule has 17 heavy (non-hydrogen) atoms. The zero-order valence-corrected chi connectivity index (χ0v) is 11.1. The van der Waals surface area contributed by atoms with Crippen molar-refractivity contribution in [1.29, 1.82) is 0 Å². The Morgan fingerprint density at radius 1 is 1.18 bits per heavy atom. The first kappa shape index (κ1) is 11.5. The molecule has 3 rings (SSSR count). The number of allylic oxidation sites excluding steroid dienone is 3. The average Bonchev–Trinajstić information content (AvgIpc) is 2.36. The fourth-order valence-corrected chi connectivity index (χ4v) is 3.79. The lowest BCUT2D eigenvalue weighted by Gasteiger charge is -2.44. The summed E-state index contributed by atoms with van der Waals surface area (Å²) in [6.45, 7) is 5.58. The Hall–Kier alpha value is -0.560. The topological polar surface area (TPSA) is 9.23 Å². The van der Waals surface area contributed by atoms with Crippen molar-refractivity contribution in [3.63, 3.8) is 0 Å². The molecule has 1 aliphatic heterocycles. The molecular weight excluding hydrogens is 208 g/mol. The zero-order chi connectivity index (χ0) is 11.8. The zero-order valence-electron chi connectivity index (χ0n) is 11.1. The van der Waals surface area contributed by atoms with Gasteiger partial charge in [0.1, 0.15) is 0 Å². The summed E-state index contributed by atoms with van der Waals surface area (Å²) >= 11 is 0. The second-order valence-electron chi connectivity index (χ2n) is 6.27.